The standard InChI is InChI=1S/C25H20ClN3O2S/c1-15-18(25(31)29-11-9-22-17(14-29)10-12-32-22)7-4-8-20(15)28-24(30)21-13-16-5-2-3-6-19(16)23(26)27-21/h2-8,10,12-13H,9,11,14H2,1H3,(H,28,30). The number of pyridine rings is 1. The SMILES string of the molecule is Cc1c(NC(=O)c2cc3ccccc3c(Cl)n2)cccc1C(=O)N1CCc2sccc2C1. The summed E-state index contributed by atoms with van der Waals surface area (Å²) >= 11 is 8.03. The Morgan fingerprint density at radius 1 is 1.12 bits per heavy atom. The number of nitrogens with one attached hydrogen (secondary N) is 1. The van der Waals surface area contributed by atoms with Crippen molar-refractivity contribution in [3.05, 3.63) is 92.4 Å². The maximum absolute atomic E-state index is 13.2. The van der Waals surface area contributed by atoms with Crippen molar-refractivity contribution in [2.75, 3.05) is 11.9 Å². The van der Waals surface area contributed by atoms with Gasteiger partial charge < -0.3 is 10.2 Å². The highest BCUT2D eigenvalue weighted by molar-refractivity contribution is 7.10. The van der Waals surface area contributed by atoms with Crippen LogP contribution in [0.3, 0.4) is 0 Å². The lowest BCUT2D eigenvalue weighted by Crippen LogP contribution is -2.35. The highest BCUT2D eigenvalue weighted by Crippen LogP contribution is 2.28. The van der Waals surface area contributed by atoms with Crippen LogP contribution in [0.2, 0.25) is 5.15 Å². The fourth-order valence-electron chi connectivity index (χ4n) is 4.05. The van der Waals surface area contributed by atoms with E-state index in [1.54, 1.807) is 29.5 Å². The average molecular weight is 462 g/mol. The van der Waals surface area contributed by atoms with Gasteiger partial charge in [0.2, 0.25) is 0 Å². The number of thiophene rings is 1. The quantitative estimate of drug-likeness (QED) is 0.397. The number of aromatic nitrogens is 1. The molecule has 1 aliphatic rings. The molecule has 160 valence electrons. The molecule has 0 radical (unpaired) electrons. The Labute approximate surface area is 194 Å². The maximum atomic E-state index is 13.2. The van der Waals surface area contributed by atoms with E-state index in [9.17, 15) is 9.59 Å². The first kappa shape index (κ1) is 20.7. The summed E-state index contributed by atoms with van der Waals surface area (Å²) in [6.45, 7) is 3.17. The molecular weight excluding hydrogens is 442 g/mol. The molecule has 1 aliphatic heterocycles. The van der Waals surface area contributed by atoms with Crippen molar-refractivity contribution in [2.45, 2.75) is 19.9 Å². The van der Waals surface area contributed by atoms with E-state index in [-0.39, 0.29) is 22.7 Å². The van der Waals surface area contributed by atoms with Crippen LogP contribution in [0.5, 0.6) is 0 Å². The molecule has 0 unspecified atom stereocenters. The normalized spacial score (nSPS) is 13.1. The largest absolute Gasteiger partial charge is 0.334 e. The van der Waals surface area contributed by atoms with Crippen molar-refractivity contribution < 1.29 is 9.59 Å². The molecule has 5 rings (SSSR count). The van der Waals surface area contributed by atoms with E-state index in [4.69, 9.17) is 11.6 Å². The van der Waals surface area contributed by atoms with E-state index < -0.39 is 0 Å². The minimum Gasteiger partial charge on any atom is -0.334 e. The van der Waals surface area contributed by atoms with Crippen molar-refractivity contribution in [1.29, 1.82) is 0 Å². The van der Waals surface area contributed by atoms with Gasteiger partial charge in [-0.15, -0.1) is 11.3 Å². The molecule has 2 aromatic carbocycles. The molecule has 32 heavy (non-hydrogen) atoms. The van der Waals surface area contributed by atoms with E-state index in [1.165, 1.54) is 10.4 Å². The molecule has 3 heterocycles. The predicted molar refractivity (Wildman–Crippen MR) is 129 cm³/mol. The lowest BCUT2D eigenvalue weighted by Gasteiger charge is -2.28. The number of benzene rings is 2. The second-order valence-electron chi connectivity index (χ2n) is 7.80. The molecule has 0 spiro atoms. The van der Waals surface area contributed by atoms with E-state index in [0.29, 0.717) is 24.3 Å². The number of fused-ring (bicyclic) bond motifs is 2. The van der Waals surface area contributed by atoms with Gasteiger partial charge >= 0.3 is 0 Å². The van der Waals surface area contributed by atoms with Gasteiger partial charge in [-0.25, -0.2) is 4.98 Å². The number of carbonyl (C=O) groups excluding carboxylic acids is 2. The lowest BCUT2D eigenvalue weighted by atomic mass is 10.0. The second-order valence-corrected chi connectivity index (χ2v) is 9.16. The Balaban J connectivity index is 1.39. The molecule has 2 amide bonds. The third-order valence-corrected chi connectivity index (χ3v) is 7.14. The van der Waals surface area contributed by atoms with Gasteiger partial charge in [0.15, 0.2) is 0 Å². The Bertz CT molecular complexity index is 1360. The van der Waals surface area contributed by atoms with Crippen LogP contribution in [0.4, 0.5) is 5.69 Å². The zero-order valence-corrected chi connectivity index (χ0v) is 19.0. The molecule has 0 fully saturated rings. The number of amides is 2. The van der Waals surface area contributed by atoms with Gasteiger partial charge in [0.25, 0.3) is 11.8 Å². The highest BCUT2D eigenvalue weighted by Gasteiger charge is 2.24. The van der Waals surface area contributed by atoms with Gasteiger partial charge in [-0.05, 0) is 59.5 Å². The number of anilines is 1. The monoisotopic (exact) mass is 461 g/mol. The number of nitrogens with zero attached hydrogens (tertiary/aromatic N) is 2. The summed E-state index contributed by atoms with van der Waals surface area (Å²) in [5.74, 6) is -0.395. The molecule has 0 aliphatic carbocycles. The topological polar surface area (TPSA) is 62.3 Å². The van der Waals surface area contributed by atoms with Gasteiger partial charge in [-0.2, -0.15) is 0 Å². The molecule has 4 aromatic rings. The van der Waals surface area contributed by atoms with Crippen LogP contribution in [0, 0.1) is 6.92 Å². The molecule has 1 N–H and O–H groups in total. The summed E-state index contributed by atoms with van der Waals surface area (Å²) in [5.41, 5.74) is 3.35. The van der Waals surface area contributed by atoms with E-state index in [1.807, 2.05) is 42.2 Å². The van der Waals surface area contributed by atoms with Crippen LogP contribution < -0.4 is 5.32 Å². The fourth-order valence-corrected chi connectivity index (χ4v) is 5.21. The smallest absolute Gasteiger partial charge is 0.274 e. The first-order valence-corrected chi connectivity index (χ1v) is 11.6. The van der Waals surface area contributed by atoms with E-state index >= 15 is 0 Å². The zero-order valence-electron chi connectivity index (χ0n) is 17.4. The van der Waals surface area contributed by atoms with Gasteiger partial charge in [-0.3, -0.25) is 9.59 Å². The molecule has 7 heteroatoms. The first-order valence-electron chi connectivity index (χ1n) is 10.3. The van der Waals surface area contributed by atoms with Crippen LogP contribution >= 0.6 is 22.9 Å². The van der Waals surface area contributed by atoms with Crippen molar-refractivity contribution in [2.24, 2.45) is 0 Å². The van der Waals surface area contributed by atoms with Crippen LogP contribution in [0.25, 0.3) is 10.8 Å². The third kappa shape index (κ3) is 3.76. The summed E-state index contributed by atoms with van der Waals surface area (Å²) in [7, 11) is 0. The number of carbonyl (C=O) groups is 2. The summed E-state index contributed by atoms with van der Waals surface area (Å²) in [6, 6.07) is 16.7. The van der Waals surface area contributed by atoms with E-state index in [0.717, 1.165) is 22.8 Å². The Kier molecular flexibility index (Phi) is 5.41. The molecule has 5 nitrogen and oxygen atoms in total. The summed E-state index contributed by atoms with van der Waals surface area (Å²) in [5, 5.41) is 6.90. The van der Waals surface area contributed by atoms with Gasteiger partial charge in [0, 0.05) is 34.6 Å². The third-order valence-electron chi connectivity index (χ3n) is 5.83. The Morgan fingerprint density at radius 2 is 1.97 bits per heavy atom. The van der Waals surface area contributed by atoms with Crippen molar-refractivity contribution in [3.8, 4) is 0 Å². The maximum Gasteiger partial charge on any atom is 0.274 e. The molecular formula is C25H20ClN3O2S. The molecule has 0 saturated carbocycles. The Hall–Kier alpha value is -3.22. The van der Waals surface area contributed by atoms with Gasteiger partial charge in [-0.1, -0.05) is 41.9 Å². The minimum absolute atomic E-state index is 0.0256. The summed E-state index contributed by atoms with van der Waals surface area (Å²) in [6.07, 6.45) is 0.878. The lowest BCUT2D eigenvalue weighted by molar-refractivity contribution is 0.0735. The van der Waals surface area contributed by atoms with Crippen LogP contribution in [-0.2, 0) is 13.0 Å². The zero-order chi connectivity index (χ0) is 22.2. The van der Waals surface area contributed by atoms with Crippen molar-refractivity contribution >= 4 is 51.2 Å². The molecule has 2 aromatic heterocycles. The number of rotatable bonds is 3. The van der Waals surface area contributed by atoms with Gasteiger partial charge in [0.05, 0.1) is 0 Å². The predicted octanol–water partition coefficient (Wildman–Crippen LogP) is 5.71. The van der Waals surface area contributed by atoms with Crippen LogP contribution in [0.1, 0.15) is 36.9 Å². The molecule has 0 bridgehead atoms. The van der Waals surface area contributed by atoms with Crippen molar-refractivity contribution in [1.82, 2.24) is 9.88 Å². The summed E-state index contributed by atoms with van der Waals surface area (Å²) < 4.78 is 0. The van der Waals surface area contributed by atoms with Crippen LogP contribution in [0.15, 0.2) is 60.0 Å². The van der Waals surface area contributed by atoms with E-state index in [2.05, 4.69) is 21.7 Å². The highest BCUT2D eigenvalue weighted by atomic mass is 35.5. The minimum atomic E-state index is -0.369. The summed E-state index contributed by atoms with van der Waals surface area (Å²) in [4.78, 5) is 33.6. The molecule has 0 saturated heterocycles. The number of halogens is 1. The van der Waals surface area contributed by atoms with Crippen molar-refractivity contribution in [3.63, 3.8) is 0 Å². The average Bonchev–Trinajstić information content (AvgIpc) is 3.28. The Morgan fingerprint density at radius 3 is 2.84 bits per heavy atom. The molecule has 0 atom stereocenters. The van der Waals surface area contributed by atoms with Gasteiger partial charge in [0.1, 0.15) is 10.8 Å². The fraction of sp³-hybridized carbons (Fsp3) is 0.160. The second kappa shape index (κ2) is 8.37. The number of hydrogen-bond acceptors (Lipinski definition) is 4. The number of hydrogen-bond donors (Lipinski definition) is 1. The van der Waals surface area contributed by atoms with Crippen LogP contribution in [-0.4, -0.2) is 28.2 Å². The first-order chi connectivity index (χ1) is 15.5.